The predicted octanol–water partition coefficient (Wildman–Crippen LogP) is 3.19. The predicted molar refractivity (Wildman–Crippen MR) is 126 cm³/mol. The molecule has 0 radical (unpaired) electrons. The number of hydrogen-bond acceptors (Lipinski definition) is 7. The molecule has 8 nitrogen and oxygen atoms in total. The van der Waals surface area contributed by atoms with Crippen LogP contribution in [-0.4, -0.2) is 91.0 Å². The lowest BCUT2D eigenvalue weighted by atomic mass is 10.1. The molecule has 0 N–H and O–H groups in total. The smallest absolute Gasteiger partial charge is 0.454 e. The van der Waals surface area contributed by atoms with E-state index in [1.54, 1.807) is 24.3 Å². The number of fused-ring (bicyclic) bond motifs is 1. The molecule has 5 rings (SSSR count). The maximum Gasteiger partial charge on any atom is 0.490 e. The summed E-state index contributed by atoms with van der Waals surface area (Å²) < 4.78 is 54.6. The van der Waals surface area contributed by atoms with Gasteiger partial charge in [-0.15, -0.1) is 0 Å². The van der Waals surface area contributed by atoms with E-state index in [9.17, 15) is 22.8 Å². The normalized spacial score (nSPS) is 22.3. The number of halogens is 4. The number of piperazine rings is 1. The molecule has 37 heavy (non-hydrogen) atoms. The van der Waals surface area contributed by atoms with Crippen LogP contribution in [0, 0.1) is 0 Å². The van der Waals surface area contributed by atoms with Crippen LogP contribution in [0.3, 0.4) is 0 Å². The first-order valence-electron chi connectivity index (χ1n) is 11.8. The van der Waals surface area contributed by atoms with E-state index in [0.717, 1.165) is 5.56 Å². The van der Waals surface area contributed by atoms with Crippen LogP contribution in [0.2, 0.25) is 5.02 Å². The first-order valence-corrected chi connectivity index (χ1v) is 12.2. The van der Waals surface area contributed by atoms with Gasteiger partial charge in [-0.3, -0.25) is 14.6 Å². The monoisotopic (exact) mass is 539 g/mol. The Labute approximate surface area is 216 Å². The van der Waals surface area contributed by atoms with E-state index in [1.165, 1.54) is 4.90 Å². The molecule has 12 heteroatoms. The molecule has 0 unspecified atom stereocenters. The van der Waals surface area contributed by atoms with Crippen LogP contribution in [0.4, 0.5) is 13.2 Å². The maximum absolute atomic E-state index is 13.0. The van der Waals surface area contributed by atoms with Crippen molar-refractivity contribution in [2.45, 2.75) is 24.9 Å². The number of hydrogen-bond donors (Lipinski definition) is 0. The van der Waals surface area contributed by atoms with Crippen LogP contribution < -0.4 is 9.47 Å². The Morgan fingerprint density at radius 3 is 2.38 bits per heavy atom. The Balaban J connectivity index is 1.24. The van der Waals surface area contributed by atoms with E-state index in [2.05, 4.69) is 4.90 Å². The molecule has 3 aliphatic rings. The van der Waals surface area contributed by atoms with Crippen LogP contribution in [-0.2, 0) is 16.1 Å². The fourth-order valence-corrected chi connectivity index (χ4v) is 5.04. The number of rotatable bonds is 5. The molecule has 1 amide bonds. The molecule has 198 valence electrons. The molecular formula is C25H25ClF3N3O5. The molecule has 2 aromatic carbocycles. The Morgan fingerprint density at radius 1 is 0.973 bits per heavy atom. The zero-order valence-corrected chi connectivity index (χ0v) is 20.5. The lowest BCUT2D eigenvalue weighted by molar-refractivity contribution is -0.206. The summed E-state index contributed by atoms with van der Waals surface area (Å²) >= 11 is 5.90. The third-order valence-electron chi connectivity index (χ3n) is 6.82. The lowest BCUT2D eigenvalue weighted by Gasteiger charge is -2.39. The van der Waals surface area contributed by atoms with Crippen molar-refractivity contribution in [1.29, 1.82) is 0 Å². The molecule has 0 bridgehead atoms. The van der Waals surface area contributed by atoms with Gasteiger partial charge in [-0.05, 0) is 42.0 Å². The van der Waals surface area contributed by atoms with Gasteiger partial charge in [0.1, 0.15) is 6.10 Å². The van der Waals surface area contributed by atoms with Crippen molar-refractivity contribution in [2.24, 2.45) is 0 Å². The Bertz CT molecular complexity index is 1160. The van der Waals surface area contributed by atoms with E-state index in [4.69, 9.17) is 25.8 Å². The topological polar surface area (TPSA) is 71.6 Å². The van der Waals surface area contributed by atoms with Crippen molar-refractivity contribution in [3.8, 4) is 11.5 Å². The van der Waals surface area contributed by atoms with E-state index < -0.39 is 24.3 Å². The molecule has 2 aromatic rings. The third-order valence-corrected chi connectivity index (χ3v) is 7.08. The summed E-state index contributed by atoms with van der Waals surface area (Å²) in [5.74, 6) is -1.17. The average molecular weight is 540 g/mol. The molecule has 0 aromatic heterocycles. The SMILES string of the molecule is O=C(c1ccc(Cl)cc1)N1C[C@H](OC(=O)C(F)(F)F)[C@@H](N2CCN(Cc3ccc4c(c3)OCO4)CC2)C1. The number of alkyl halides is 3. The molecule has 2 saturated heterocycles. The fraction of sp³-hybridized carbons (Fsp3) is 0.440. The summed E-state index contributed by atoms with van der Waals surface area (Å²) in [6.07, 6.45) is -6.20. The van der Waals surface area contributed by atoms with Crippen LogP contribution in [0.1, 0.15) is 15.9 Å². The molecule has 2 atom stereocenters. The second-order valence-corrected chi connectivity index (χ2v) is 9.66. The number of carbonyl (C=O) groups is 2. The molecule has 3 aliphatic heterocycles. The van der Waals surface area contributed by atoms with E-state index in [0.29, 0.717) is 54.8 Å². The summed E-state index contributed by atoms with van der Waals surface area (Å²) in [7, 11) is 0. The lowest BCUT2D eigenvalue weighted by Crippen LogP contribution is -2.54. The number of esters is 1. The largest absolute Gasteiger partial charge is 0.490 e. The molecule has 0 spiro atoms. The fourth-order valence-electron chi connectivity index (χ4n) is 4.92. The Hall–Kier alpha value is -3.02. The van der Waals surface area contributed by atoms with Crippen molar-refractivity contribution in [3.63, 3.8) is 0 Å². The van der Waals surface area contributed by atoms with Gasteiger partial charge in [-0.2, -0.15) is 13.2 Å². The number of likely N-dealkylation sites (tertiary alicyclic amines) is 1. The van der Waals surface area contributed by atoms with Gasteiger partial charge >= 0.3 is 12.1 Å². The van der Waals surface area contributed by atoms with Crippen molar-refractivity contribution >= 4 is 23.5 Å². The Kier molecular flexibility index (Phi) is 7.19. The Morgan fingerprint density at radius 2 is 1.68 bits per heavy atom. The molecule has 0 aliphatic carbocycles. The van der Waals surface area contributed by atoms with Gasteiger partial charge in [0.05, 0.1) is 12.6 Å². The summed E-state index contributed by atoms with van der Waals surface area (Å²) in [5.41, 5.74) is 1.43. The second kappa shape index (κ2) is 10.4. The van der Waals surface area contributed by atoms with Gasteiger partial charge in [0.15, 0.2) is 11.5 Å². The molecular weight excluding hydrogens is 515 g/mol. The summed E-state index contributed by atoms with van der Waals surface area (Å²) in [6.45, 7) is 3.35. The van der Waals surface area contributed by atoms with Crippen LogP contribution in [0.15, 0.2) is 42.5 Å². The minimum absolute atomic E-state index is 0.120. The minimum atomic E-state index is -5.11. The van der Waals surface area contributed by atoms with Gasteiger partial charge in [0, 0.05) is 49.9 Å². The van der Waals surface area contributed by atoms with E-state index >= 15 is 0 Å². The van der Waals surface area contributed by atoms with Crippen molar-refractivity contribution in [3.05, 3.63) is 58.6 Å². The first-order chi connectivity index (χ1) is 17.7. The van der Waals surface area contributed by atoms with Crippen molar-refractivity contribution < 1.29 is 37.0 Å². The van der Waals surface area contributed by atoms with Gasteiger partial charge in [-0.25, -0.2) is 4.79 Å². The molecule has 3 heterocycles. The van der Waals surface area contributed by atoms with Gasteiger partial charge in [0.25, 0.3) is 5.91 Å². The second-order valence-electron chi connectivity index (χ2n) is 9.23. The van der Waals surface area contributed by atoms with E-state index in [1.807, 2.05) is 23.1 Å². The van der Waals surface area contributed by atoms with Gasteiger partial charge < -0.3 is 19.1 Å². The molecule has 0 saturated carbocycles. The highest BCUT2D eigenvalue weighted by molar-refractivity contribution is 6.30. The summed E-state index contributed by atoms with van der Waals surface area (Å²) in [5, 5.41) is 0.464. The van der Waals surface area contributed by atoms with Gasteiger partial charge in [0.2, 0.25) is 6.79 Å². The number of amides is 1. The quantitative estimate of drug-likeness (QED) is 0.541. The van der Waals surface area contributed by atoms with Crippen molar-refractivity contribution in [2.75, 3.05) is 46.1 Å². The highest BCUT2D eigenvalue weighted by Crippen LogP contribution is 2.33. The van der Waals surface area contributed by atoms with Crippen LogP contribution in [0.5, 0.6) is 11.5 Å². The number of carbonyl (C=O) groups excluding carboxylic acids is 2. The highest BCUT2D eigenvalue weighted by Gasteiger charge is 2.47. The number of benzene rings is 2. The zero-order chi connectivity index (χ0) is 26.2. The van der Waals surface area contributed by atoms with Gasteiger partial charge in [-0.1, -0.05) is 17.7 Å². The maximum atomic E-state index is 13.0. The van der Waals surface area contributed by atoms with E-state index in [-0.39, 0.29) is 25.8 Å². The first kappa shape index (κ1) is 25.6. The summed E-state index contributed by atoms with van der Waals surface area (Å²) in [4.78, 5) is 30.3. The van der Waals surface area contributed by atoms with Crippen molar-refractivity contribution in [1.82, 2.24) is 14.7 Å². The average Bonchev–Trinajstić information content (AvgIpc) is 3.51. The standard InChI is InChI=1S/C25H25ClF3N3O5/c26-18-4-2-17(3-5-18)23(33)32-13-19(22(14-32)37-24(34)25(27,28)29)31-9-7-30(8-10-31)12-16-1-6-20-21(11-16)36-15-35-20/h1-6,11,19,22H,7-10,12-15H2/t19-,22-/m0/s1. The molecule has 2 fully saturated rings. The van der Waals surface area contributed by atoms with Crippen LogP contribution in [0.25, 0.3) is 0 Å². The summed E-state index contributed by atoms with van der Waals surface area (Å²) in [6, 6.07) is 11.5. The zero-order valence-electron chi connectivity index (χ0n) is 19.7. The number of nitrogens with zero attached hydrogens (tertiary/aromatic N) is 3. The third kappa shape index (κ3) is 5.78. The van der Waals surface area contributed by atoms with Crippen LogP contribution >= 0.6 is 11.6 Å². The highest BCUT2D eigenvalue weighted by atomic mass is 35.5. The number of ether oxygens (including phenoxy) is 3. The minimum Gasteiger partial charge on any atom is -0.454 e.